The molecule has 10 aromatic carbocycles. The van der Waals surface area contributed by atoms with E-state index in [0.717, 1.165) is 61.3 Å². The van der Waals surface area contributed by atoms with Crippen molar-refractivity contribution >= 4 is 71.3 Å². The lowest BCUT2D eigenvalue weighted by molar-refractivity contribution is 0.669. The van der Waals surface area contributed by atoms with E-state index in [2.05, 4.69) is 211 Å². The van der Waals surface area contributed by atoms with Gasteiger partial charge in [-0.1, -0.05) is 170 Å². The average molecular weight is 714 g/mol. The van der Waals surface area contributed by atoms with Gasteiger partial charge in [0.1, 0.15) is 11.2 Å². The summed E-state index contributed by atoms with van der Waals surface area (Å²) in [5.74, 6) is 0. The molecule has 0 bridgehead atoms. The number of para-hydroxylation sites is 2. The summed E-state index contributed by atoms with van der Waals surface area (Å²) in [5.41, 5.74) is 12.0. The van der Waals surface area contributed by atoms with Crippen molar-refractivity contribution in [2.75, 3.05) is 4.90 Å². The summed E-state index contributed by atoms with van der Waals surface area (Å²) in [5, 5.41) is 9.70. The van der Waals surface area contributed by atoms with Crippen LogP contribution in [0, 0.1) is 0 Å². The molecule has 0 aliphatic heterocycles. The second-order valence-corrected chi connectivity index (χ2v) is 14.5. The summed E-state index contributed by atoms with van der Waals surface area (Å²) in [4.78, 5) is 2.41. The molecule has 0 saturated heterocycles. The Kier molecular flexibility index (Phi) is 7.53. The molecule has 0 aliphatic rings. The molecule has 11 rings (SSSR count). The van der Waals surface area contributed by atoms with Crippen LogP contribution in [0.25, 0.3) is 87.6 Å². The van der Waals surface area contributed by atoms with Gasteiger partial charge in [0.05, 0.1) is 16.8 Å². The Balaban J connectivity index is 1.08. The minimum atomic E-state index is 0.865. The number of hydrogen-bond donors (Lipinski definition) is 0. The van der Waals surface area contributed by atoms with E-state index >= 15 is 0 Å². The van der Waals surface area contributed by atoms with Gasteiger partial charge in [-0.05, 0) is 103 Å². The van der Waals surface area contributed by atoms with Gasteiger partial charge in [-0.15, -0.1) is 0 Å². The van der Waals surface area contributed by atoms with E-state index < -0.39 is 0 Å². The minimum Gasteiger partial charge on any atom is -0.456 e. The van der Waals surface area contributed by atoms with Crippen LogP contribution in [0.15, 0.2) is 217 Å². The molecule has 11 aromatic rings. The fourth-order valence-electron chi connectivity index (χ4n) is 8.59. The predicted octanol–water partition coefficient (Wildman–Crippen LogP) is 15.5. The molecule has 0 spiro atoms. The summed E-state index contributed by atoms with van der Waals surface area (Å²) < 4.78 is 6.45. The zero-order chi connectivity index (χ0) is 37.0. The number of rotatable bonds is 6. The zero-order valence-electron chi connectivity index (χ0n) is 30.6. The van der Waals surface area contributed by atoms with Crippen LogP contribution in [0.3, 0.4) is 0 Å². The van der Waals surface area contributed by atoms with E-state index in [1.807, 2.05) is 6.07 Å². The van der Waals surface area contributed by atoms with E-state index in [1.54, 1.807) is 0 Å². The van der Waals surface area contributed by atoms with E-state index in [1.165, 1.54) is 43.4 Å². The van der Waals surface area contributed by atoms with Gasteiger partial charge >= 0.3 is 0 Å². The van der Waals surface area contributed by atoms with Crippen molar-refractivity contribution in [3.05, 3.63) is 212 Å². The molecule has 0 N–H and O–H groups in total. The van der Waals surface area contributed by atoms with Crippen LogP contribution in [0.1, 0.15) is 0 Å². The highest BCUT2D eigenvalue weighted by Crippen LogP contribution is 2.47. The number of fused-ring (bicyclic) bond motifs is 7. The molecule has 0 fully saturated rings. The maximum atomic E-state index is 6.45. The highest BCUT2D eigenvalue weighted by molar-refractivity contribution is 6.14. The monoisotopic (exact) mass is 713 g/mol. The van der Waals surface area contributed by atoms with Crippen LogP contribution in [-0.4, -0.2) is 0 Å². The first kappa shape index (κ1) is 32.0. The first-order chi connectivity index (χ1) is 27.8. The predicted molar refractivity (Wildman–Crippen MR) is 237 cm³/mol. The van der Waals surface area contributed by atoms with E-state index in [4.69, 9.17) is 4.42 Å². The summed E-state index contributed by atoms with van der Waals surface area (Å²) in [7, 11) is 0. The third-order valence-corrected chi connectivity index (χ3v) is 11.2. The zero-order valence-corrected chi connectivity index (χ0v) is 30.6. The van der Waals surface area contributed by atoms with Crippen molar-refractivity contribution in [3.63, 3.8) is 0 Å². The Labute approximate surface area is 325 Å². The molecule has 2 nitrogen and oxygen atoms in total. The Morgan fingerprint density at radius 1 is 0.304 bits per heavy atom. The molecule has 0 atom stereocenters. The highest BCUT2D eigenvalue weighted by atomic mass is 16.3. The van der Waals surface area contributed by atoms with Crippen LogP contribution in [0.5, 0.6) is 0 Å². The summed E-state index contributed by atoms with van der Waals surface area (Å²) in [6, 6.07) is 76.5. The molecule has 0 radical (unpaired) electrons. The maximum Gasteiger partial charge on any atom is 0.137 e. The van der Waals surface area contributed by atoms with Gasteiger partial charge < -0.3 is 9.32 Å². The molecule has 0 saturated carbocycles. The van der Waals surface area contributed by atoms with Crippen LogP contribution in [0.4, 0.5) is 17.1 Å². The standard InChI is InChI=1S/C54H35NO/c1-3-17-44-37(12-1)14-10-21-46(44)39-28-26-36(27-29-39)40-15-9-16-43(35-40)55(51-23-11-25-53-54(51)49-20-6-8-24-52(49)56-53)50-22-7-5-19-48(50)42-32-33-47-41(34-42)31-30-38-13-2-4-18-45(38)47/h1-35H. The van der Waals surface area contributed by atoms with Crippen molar-refractivity contribution in [2.45, 2.75) is 0 Å². The summed E-state index contributed by atoms with van der Waals surface area (Å²) >= 11 is 0. The van der Waals surface area contributed by atoms with E-state index in [-0.39, 0.29) is 0 Å². The summed E-state index contributed by atoms with van der Waals surface area (Å²) in [6.45, 7) is 0. The topological polar surface area (TPSA) is 16.4 Å². The van der Waals surface area contributed by atoms with Gasteiger partial charge in [-0.25, -0.2) is 0 Å². The minimum absolute atomic E-state index is 0.865. The van der Waals surface area contributed by atoms with Gasteiger partial charge in [0.25, 0.3) is 0 Å². The SMILES string of the molecule is c1cc(-c2ccc(-c3cccc4ccccc34)cc2)cc(N(c2ccccc2-c2ccc3c(ccc4ccccc43)c2)c2cccc3oc4ccccc4c23)c1. The Morgan fingerprint density at radius 3 is 1.79 bits per heavy atom. The van der Waals surface area contributed by atoms with Crippen LogP contribution in [-0.2, 0) is 0 Å². The van der Waals surface area contributed by atoms with Crippen molar-refractivity contribution in [2.24, 2.45) is 0 Å². The molecule has 56 heavy (non-hydrogen) atoms. The third kappa shape index (κ3) is 5.34. The number of hydrogen-bond acceptors (Lipinski definition) is 2. The second kappa shape index (κ2) is 13.2. The smallest absolute Gasteiger partial charge is 0.137 e. The largest absolute Gasteiger partial charge is 0.456 e. The van der Waals surface area contributed by atoms with Gasteiger partial charge in [0.2, 0.25) is 0 Å². The normalized spacial score (nSPS) is 11.6. The molecule has 1 heterocycles. The fraction of sp³-hybridized carbons (Fsp3) is 0. The first-order valence-corrected chi connectivity index (χ1v) is 19.2. The van der Waals surface area contributed by atoms with Crippen LogP contribution >= 0.6 is 0 Å². The Hall–Kier alpha value is -7.42. The quantitative estimate of drug-likeness (QED) is 0.160. The van der Waals surface area contributed by atoms with Crippen molar-refractivity contribution in [1.82, 2.24) is 0 Å². The molecule has 262 valence electrons. The lowest BCUT2D eigenvalue weighted by atomic mass is 9.95. The van der Waals surface area contributed by atoms with Crippen molar-refractivity contribution < 1.29 is 4.42 Å². The van der Waals surface area contributed by atoms with Crippen LogP contribution < -0.4 is 4.90 Å². The first-order valence-electron chi connectivity index (χ1n) is 19.2. The van der Waals surface area contributed by atoms with Gasteiger partial charge in [-0.3, -0.25) is 0 Å². The lowest BCUT2D eigenvalue weighted by Crippen LogP contribution is -2.11. The molecule has 1 aromatic heterocycles. The molecule has 0 amide bonds. The third-order valence-electron chi connectivity index (χ3n) is 11.2. The van der Waals surface area contributed by atoms with E-state index in [0.29, 0.717) is 0 Å². The van der Waals surface area contributed by atoms with Crippen LogP contribution in [0.2, 0.25) is 0 Å². The molecule has 0 aliphatic carbocycles. The lowest BCUT2D eigenvalue weighted by Gasteiger charge is -2.29. The van der Waals surface area contributed by atoms with Crippen molar-refractivity contribution in [3.8, 4) is 33.4 Å². The molecular weight excluding hydrogens is 679 g/mol. The van der Waals surface area contributed by atoms with E-state index in [9.17, 15) is 0 Å². The van der Waals surface area contributed by atoms with Gasteiger partial charge in [-0.2, -0.15) is 0 Å². The maximum absolute atomic E-state index is 6.45. The van der Waals surface area contributed by atoms with Gasteiger partial charge in [0, 0.05) is 16.6 Å². The fourth-order valence-corrected chi connectivity index (χ4v) is 8.59. The Bertz CT molecular complexity index is 3260. The molecule has 0 unspecified atom stereocenters. The second-order valence-electron chi connectivity index (χ2n) is 14.5. The van der Waals surface area contributed by atoms with Gasteiger partial charge in [0.15, 0.2) is 0 Å². The molecule has 2 heteroatoms. The molecular formula is C54H35NO. The Morgan fingerprint density at radius 2 is 0.893 bits per heavy atom. The average Bonchev–Trinajstić information content (AvgIpc) is 3.66. The number of anilines is 3. The summed E-state index contributed by atoms with van der Waals surface area (Å²) in [6.07, 6.45) is 0. The number of benzene rings is 10. The highest BCUT2D eigenvalue weighted by Gasteiger charge is 2.22. The number of nitrogens with zero attached hydrogens (tertiary/aromatic N) is 1. The number of furan rings is 1. The van der Waals surface area contributed by atoms with Crippen molar-refractivity contribution in [1.29, 1.82) is 0 Å².